The van der Waals surface area contributed by atoms with E-state index < -0.39 is 25.4 Å². The Morgan fingerprint density at radius 2 is 1.51 bits per heavy atom. The third-order valence-electron chi connectivity index (χ3n) is 6.16. The van der Waals surface area contributed by atoms with Gasteiger partial charge in [-0.05, 0) is 17.7 Å². The number of sulfone groups is 1. The molecule has 4 rings (SSSR count). The third kappa shape index (κ3) is 6.56. The van der Waals surface area contributed by atoms with E-state index in [1.165, 1.54) is 15.2 Å². The molecule has 0 atom stereocenters. The molecule has 0 amide bonds. The number of piperazine rings is 1. The van der Waals surface area contributed by atoms with E-state index in [9.17, 15) is 21.6 Å². The van der Waals surface area contributed by atoms with E-state index in [-0.39, 0.29) is 42.7 Å². The highest BCUT2D eigenvalue weighted by atomic mass is 32.2. The van der Waals surface area contributed by atoms with Gasteiger partial charge in [0.25, 0.3) is 0 Å². The van der Waals surface area contributed by atoms with Crippen molar-refractivity contribution in [1.29, 1.82) is 0 Å². The minimum absolute atomic E-state index is 0.00857. The molecular weight excluding hydrogens is 516 g/mol. The molecule has 0 bridgehead atoms. The second-order valence-electron chi connectivity index (χ2n) is 8.62. The normalized spacial score (nSPS) is 15.0. The summed E-state index contributed by atoms with van der Waals surface area (Å²) >= 11 is 0. The first-order valence-corrected chi connectivity index (χ1v) is 15.4. The van der Waals surface area contributed by atoms with Gasteiger partial charge in [-0.2, -0.15) is 14.1 Å². The fourth-order valence-corrected chi connectivity index (χ4v) is 6.18. The topological polar surface area (TPSA) is 119 Å². The summed E-state index contributed by atoms with van der Waals surface area (Å²) in [6.45, 7) is 2.51. The fraction of sp³-hybridized carbons (Fsp3) is 0.360. The van der Waals surface area contributed by atoms with Crippen molar-refractivity contribution in [2.45, 2.75) is 12.7 Å². The zero-order chi connectivity index (χ0) is 26.5. The molecule has 0 N–H and O–H groups in total. The van der Waals surface area contributed by atoms with Gasteiger partial charge < -0.3 is 9.64 Å². The molecule has 0 spiro atoms. The lowest BCUT2D eigenvalue weighted by molar-refractivity contribution is 0.329. The fourth-order valence-electron chi connectivity index (χ4n) is 4.04. The van der Waals surface area contributed by atoms with E-state index in [4.69, 9.17) is 4.74 Å². The van der Waals surface area contributed by atoms with Crippen LogP contribution in [-0.2, 0) is 25.6 Å². The van der Waals surface area contributed by atoms with Crippen LogP contribution in [0.15, 0.2) is 71.7 Å². The SMILES string of the molecule is CCS(=O)(=O)CCOc1c(N2CCN(S(=O)(=O)Cc3ccccc3)CC2)cnn(-c2ccccc2)c1=O. The molecule has 2 aromatic carbocycles. The molecular formula is C25H30N4O6S2. The Bertz CT molecular complexity index is 1470. The van der Waals surface area contributed by atoms with E-state index in [1.807, 2.05) is 17.0 Å². The van der Waals surface area contributed by atoms with Crippen LogP contribution in [-0.4, -0.2) is 75.2 Å². The zero-order valence-electron chi connectivity index (χ0n) is 20.6. The molecule has 2 heterocycles. The van der Waals surface area contributed by atoms with Crippen LogP contribution in [0.3, 0.4) is 0 Å². The summed E-state index contributed by atoms with van der Waals surface area (Å²) in [5, 5.41) is 4.31. The van der Waals surface area contributed by atoms with Gasteiger partial charge in [0.15, 0.2) is 9.84 Å². The molecule has 3 aromatic rings. The molecule has 0 radical (unpaired) electrons. The maximum Gasteiger partial charge on any atom is 0.316 e. The number of sulfonamides is 1. The van der Waals surface area contributed by atoms with Crippen LogP contribution in [0.4, 0.5) is 5.69 Å². The van der Waals surface area contributed by atoms with Gasteiger partial charge in [0.2, 0.25) is 15.8 Å². The highest BCUT2D eigenvalue weighted by molar-refractivity contribution is 7.91. The molecule has 0 aliphatic carbocycles. The first kappa shape index (κ1) is 26.8. The summed E-state index contributed by atoms with van der Waals surface area (Å²) in [5.41, 5.74) is 1.15. The highest BCUT2D eigenvalue weighted by Crippen LogP contribution is 2.26. The number of nitrogens with zero attached hydrogens (tertiary/aromatic N) is 4. The Balaban J connectivity index is 1.55. The summed E-state index contributed by atoms with van der Waals surface area (Å²) in [6, 6.07) is 17.9. The summed E-state index contributed by atoms with van der Waals surface area (Å²) in [6.07, 6.45) is 1.51. The highest BCUT2D eigenvalue weighted by Gasteiger charge is 2.29. The van der Waals surface area contributed by atoms with Gasteiger partial charge in [-0.25, -0.2) is 16.8 Å². The summed E-state index contributed by atoms with van der Waals surface area (Å²) in [7, 11) is -6.80. The van der Waals surface area contributed by atoms with Crippen LogP contribution < -0.4 is 15.2 Å². The van der Waals surface area contributed by atoms with Crippen LogP contribution in [0.2, 0.25) is 0 Å². The Kier molecular flexibility index (Phi) is 8.30. The molecule has 10 nitrogen and oxygen atoms in total. The number of anilines is 1. The summed E-state index contributed by atoms with van der Waals surface area (Å²) in [5.74, 6) is -0.330. The number of ether oxygens (including phenoxy) is 1. The molecule has 1 fully saturated rings. The quantitative estimate of drug-likeness (QED) is 0.377. The van der Waals surface area contributed by atoms with E-state index in [1.54, 1.807) is 55.5 Å². The molecule has 198 valence electrons. The molecule has 37 heavy (non-hydrogen) atoms. The van der Waals surface area contributed by atoms with Gasteiger partial charge in [0.1, 0.15) is 12.3 Å². The monoisotopic (exact) mass is 546 g/mol. The van der Waals surface area contributed by atoms with Crippen LogP contribution in [0.5, 0.6) is 5.75 Å². The second kappa shape index (κ2) is 11.4. The number of benzene rings is 2. The van der Waals surface area contributed by atoms with Crippen LogP contribution in [0.1, 0.15) is 12.5 Å². The van der Waals surface area contributed by atoms with Crippen LogP contribution in [0.25, 0.3) is 5.69 Å². The van der Waals surface area contributed by atoms with Crippen molar-refractivity contribution in [2.75, 3.05) is 49.2 Å². The summed E-state index contributed by atoms with van der Waals surface area (Å²) in [4.78, 5) is 15.2. The van der Waals surface area contributed by atoms with Crippen LogP contribution in [0, 0.1) is 0 Å². The second-order valence-corrected chi connectivity index (χ2v) is 13.1. The molecule has 1 saturated heterocycles. The predicted molar refractivity (Wildman–Crippen MR) is 143 cm³/mol. The van der Waals surface area contributed by atoms with Gasteiger partial charge in [0.05, 0.1) is 23.4 Å². The Morgan fingerprint density at radius 3 is 2.14 bits per heavy atom. The van der Waals surface area contributed by atoms with Crippen molar-refractivity contribution in [3.63, 3.8) is 0 Å². The standard InChI is InChI=1S/C25H30N4O6S2/c1-2-36(31,32)18-17-35-24-23(19-26-29(25(24)30)22-11-7-4-8-12-22)27-13-15-28(16-14-27)37(33,34)20-21-9-5-3-6-10-21/h3-12,19H,2,13-18,20H2,1H3. The number of aromatic nitrogens is 2. The number of hydrogen-bond donors (Lipinski definition) is 0. The Hall–Kier alpha value is -3.22. The van der Waals surface area contributed by atoms with E-state index in [0.717, 1.165) is 5.56 Å². The smallest absolute Gasteiger partial charge is 0.316 e. The first-order chi connectivity index (χ1) is 17.7. The van der Waals surface area contributed by atoms with Crippen molar-refractivity contribution in [1.82, 2.24) is 14.1 Å². The van der Waals surface area contributed by atoms with Gasteiger partial charge in [-0.1, -0.05) is 55.5 Å². The lowest BCUT2D eigenvalue weighted by Crippen LogP contribution is -2.49. The minimum Gasteiger partial charge on any atom is -0.485 e. The average Bonchev–Trinajstić information content (AvgIpc) is 2.90. The zero-order valence-corrected chi connectivity index (χ0v) is 22.2. The Labute approximate surface area is 217 Å². The van der Waals surface area contributed by atoms with Crippen molar-refractivity contribution in [3.05, 3.63) is 82.8 Å². The number of rotatable bonds is 10. The lowest BCUT2D eigenvalue weighted by Gasteiger charge is -2.35. The van der Waals surface area contributed by atoms with Gasteiger partial charge in [0, 0.05) is 31.9 Å². The average molecular weight is 547 g/mol. The van der Waals surface area contributed by atoms with E-state index >= 15 is 0 Å². The molecule has 0 unspecified atom stereocenters. The first-order valence-electron chi connectivity index (χ1n) is 12.0. The largest absolute Gasteiger partial charge is 0.485 e. The summed E-state index contributed by atoms with van der Waals surface area (Å²) < 4.78 is 58.2. The van der Waals surface area contributed by atoms with Crippen molar-refractivity contribution in [2.24, 2.45) is 0 Å². The predicted octanol–water partition coefficient (Wildman–Crippen LogP) is 1.70. The van der Waals surface area contributed by atoms with Crippen molar-refractivity contribution < 1.29 is 21.6 Å². The molecule has 1 aliphatic heterocycles. The molecule has 0 saturated carbocycles. The lowest BCUT2D eigenvalue weighted by atomic mass is 10.2. The van der Waals surface area contributed by atoms with Gasteiger partial charge in [-0.15, -0.1) is 0 Å². The Morgan fingerprint density at radius 1 is 0.892 bits per heavy atom. The number of para-hydroxylation sites is 1. The maximum absolute atomic E-state index is 13.4. The van der Waals surface area contributed by atoms with Crippen LogP contribution >= 0.6 is 0 Å². The van der Waals surface area contributed by atoms with Gasteiger partial charge >= 0.3 is 5.56 Å². The molecule has 1 aromatic heterocycles. The van der Waals surface area contributed by atoms with E-state index in [0.29, 0.717) is 24.5 Å². The molecule has 12 heteroatoms. The third-order valence-corrected chi connectivity index (χ3v) is 9.68. The van der Waals surface area contributed by atoms with Gasteiger partial charge in [-0.3, -0.25) is 4.79 Å². The molecule has 1 aliphatic rings. The van der Waals surface area contributed by atoms with Crippen molar-refractivity contribution >= 4 is 25.5 Å². The minimum atomic E-state index is -3.51. The van der Waals surface area contributed by atoms with Crippen molar-refractivity contribution in [3.8, 4) is 11.4 Å². The number of hydrogen-bond acceptors (Lipinski definition) is 8. The van der Waals surface area contributed by atoms with E-state index in [2.05, 4.69) is 5.10 Å². The maximum atomic E-state index is 13.4.